The second kappa shape index (κ2) is 4.45. The highest BCUT2D eigenvalue weighted by Gasteiger charge is 2.39. The molecule has 17 heavy (non-hydrogen) atoms. The Hall–Kier alpha value is -0.820. The molecule has 1 saturated carbocycles. The Bertz CT molecular complexity index is 382. The molecule has 1 saturated heterocycles. The van der Waals surface area contributed by atoms with Crippen molar-refractivity contribution in [2.75, 3.05) is 13.1 Å². The lowest BCUT2D eigenvalue weighted by atomic mass is 9.66. The summed E-state index contributed by atoms with van der Waals surface area (Å²) in [5, 5.41) is 3.45. The molecule has 0 unspecified atom stereocenters. The lowest BCUT2D eigenvalue weighted by Gasteiger charge is -2.47. The van der Waals surface area contributed by atoms with Crippen LogP contribution in [0.5, 0.6) is 0 Å². The lowest BCUT2D eigenvalue weighted by molar-refractivity contribution is 0.0817. The summed E-state index contributed by atoms with van der Waals surface area (Å²) in [6, 6.07) is 8.89. The molecule has 2 fully saturated rings. The summed E-state index contributed by atoms with van der Waals surface area (Å²) < 4.78 is 0. The van der Waals surface area contributed by atoms with Crippen LogP contribution in [-0.2, 0) is 6.42 Å². The van der Waals surface area contributed by atoms with Gasteiger partial charge in [0.15, 0.2) is 0 Å². The van der Waals surface area contributed by atoms with E-state index in [1.54, 1.807) is 5.56 Å². The highest BCUT2D eigenvalue weighted by Crippen LogP contribution is 2.42. The summed E-state index contributed by atoms with van der Waals surface area (Å²) in [7, 11) is 0. The third kappa shape index (κ3) is 2.26. The van der Waals surface area contributed by atoms with E-state index in [4.69, 9.17) is 0 Å². The Morgan fingerprint density at radius 3 is 2.47 bits per heavy atom. The van der Waals surface area contributed by atoms with Gasteiger partial charge < -0.3 is 5.32 Å². The van der Waals surface area contributed by atoms with Crippen LogP contribution in [0.2, 0.25) is 0 Å². The van der Waals surface area contributed by atoms with E-state index in [9.17, 15) is 0 Å². The average molecular weight is 229 g/mol. The minimum absolute atomic E-state index is 0.711. The molecule has 0 amide bonds. The molecular formula is C16H23N. The maximum absolute atomic E-state index is 3.45. The van der Waals surface area contributed by atoms with E-state index in [2.05, 4.69) is 36.5 Å². The van der Waals surface area contributed by atoms with Gasteiger partial charge in [-0.15, -0.1) is 0 Å². The standard InChI is InChI=1S/C16H23N/c1-13-4-2-3-5-15(13)10-14-6-8-16(9-7-14)11-17-12-16/h2-5,14,17H,6-12H2,1H3. The van der Waals surface area contributed by atoms with Crippen molar-refractivity contribution in [2.24, 2.45) is 11.3 Å². The Balaban J connectivity index is 1.59. The quantitative estimate of drug-likeness (QED) is 0.820. The SMILES string of the molecule is Cc1ccccc1CC1CCC2(CC1)CNC2. The molecule has 0 radical (unpaired) electrons. The van der Waals surface area contributed by atoms with Crippen molar-refractivity contribution >= 4 is 0 Å². The van der Waals surface area contributed by atoms with Gasteiger partial charge in [0.1, 0.15) is 0 Å². The molecule has 1 heterocycles. The maximum Gasteiger partial charge on any atom is 0.00202 e. The second-order valence-electron chi connectivity index (χ2n) is 6.18. The number of benzene rings is 1. The zero-order chi connectivity index (χ0) is 11.7. The lowest BCUT2D eigenvalue weighted by Crippen LogP contribution is -2.54. The van der Waals surface area contributed by atoms with Gasteiger partial charge in [0, 0.05) is 13.1 Å². The Kier molecular flexibility index (Phi) is 2.96. The summed E-state index contributed by atoms with van der Waals surface area (Å²) in [6.07, 6.45) is 7.09. The molecule has 1 aromatic rings. The number of nitrogens with one attached hydrogen (secondary N) is 1. The van der Waals surface area contributed by atoms with Crippen LogP contribution in [0.15, 0.2) is 24.3 Å². The first-order valence-corrected chi connectivity index (χ1v) is 7.03. The van der Waals surface area contributed by atoms with Crippen molar-refractivity contribution in [3.8, 4) is 0 Å². The Labute approximate surface area is 105 Å². The fourth-order valence-corrected chi connectivity index (χ4v) is 3.48. The molecule has 0 bridgehead atoms. The van der Waals surface area contributed by atoms with E-state index in [-0.39, 0.29) is 0 Å². The zero-order valence-corrected chi connectivity index (χ0v) is 10.8. The molecule has 1 heteroatoms. The molecule has 92 valence electrons. The predicted octanol–water partition coefficient (Wildman–Crippen LogP) is 3.32. The van der Waals surface area contributed by atoms with Crippen molar-refractivity contribution in [1.82, 2.24) is 5.32 Å². The highest BCUT2D eigenvalue weighted by molar-refractivity contribution is 5.26. The molecule has 3 rings (SSSR count). The first-order chi connectivity index (χ1) is 8.27. The minimum Gasteiger partial charge on any atom is -0.316 e. The van der Waals surface area contributed by atoms with Crippen LogP contribution in [0.25, 0.3) is 0 Å². The molecular weight excluding hydrogens is 206 g/mol. The summed E-state index contributed by atoms with van der Waals surface area (Å²) in [4.78, 5) is 0. The fourth-order valence-electron chi connectivity index (χ4n) is 3.48. The summed E-state index contributed by atoms with van der Waals surface area (Å²) in [5.74, 6) is 0.933. The van der Waals surface area contributed by atoms with E-state index in [0.717, 1.165) is 5.92 Å². The van der Waals surface area contributed by atoms with Crippen molar-refractivity contribution < 1.29 is 0 Å². The smallest absolute Gasteiger partial charge is 0.00202 e. The molecule has 0 aromatic heterocycles. The third-order valence-electron chi connectivity index (χ3n) is 4.94. The average Bonchev–Trinajstić information content (AvgIpc) is 2.31. The topological polar surface area (TPSA) is 12.0 Å². The van der Waals surface area contributed by atoms with Crippen LogP contribution < -0.4 is 5.32 Å². The first-order valence-electron chi connectivity index (χ1n) is 7.03. The monoisotopic (exact) mass is 229 g/mol. The van der Waals surface area contributed by atoms with E-state index < -0.39 is 0 Å². The normalized spacial score (nSPS) is 23.6. The molecule has 0 atom stereocenters. The van der Waals surface area contributed by atoms with Crippen LogP contribution in [0.3, 0.4) is 0 Å². The van der Waals surface area contributed by atoms with Gasteiger partial charge >= 0.3 is 0 Å². The fraction of sp³-hybridized carbons (Fsp3) is 0.625. The highest BCUT2D eigenvalue weighted by atomic mass is 15.0. The van der Waals surface area contributed by atoms with Gasteiger partial charge in [0.2, 0.25) is 0 Å². The first kappa shape index (κ1) is 11.3. The van der Waals surface area contributed by atoms with Gasteiger partial charge in [0.25, 0.3) is 0 Å². The second-order valence-corrected chi connectivity index (χ2v) is 6.18. The van der Waals surface area contributed by atoms with Crippen LogP contribution >= 0.6 is 0 Å². The van der Waals surface area contributed by atoms with Crippen molar-refractivity contribution in [3.05, 3.63) is 35.4 Å². The van der Waals surface area contributed by atoms with Crippen molar-refractivity contribution in [1.29, 1.82) is 0 Å². The largest absolute Gasteiger partial charge is 0.316 e. The molecule has 1 N–H and O–H groups in total. The van der Waals surface area contributed by atoms with Gasteiger partial charge in [-0.3, -0.25) is 0 Å². The van der Waals surface area contributed by atoms with E-state index >= 15 is 0 Å². The molecule has 1 aliphatic carbocycles. The number of rotatable bonds is 2. The van der Waals surface area contributed by atoms with Crippen LogP contribution in [0.1, 0.15) is 36.8 Å². The molecule has 1 spiro atoms. The van der Waals surface area contributed by atoms with Gasteiger partial charge in [-0.2, -0.15) is 0 Å². The number of hydrogen-bond donors (Lipinski definition) is 1. The summed E-state index contributed by atoms with van der Waals surface area (Å²) >= 11 is 0. The van der Waals surface area contributed by atoms with Gasteiger partial charge in [-0.25, -0.2) is 0 Å². The van der Waals surface area contributed by atoms with Crippen molar-refractivity contribution in [2.45, 2.75) is 39.0 Å². The minimum atomic E-state index is 0.711. The zero-order valence-electron chi connectivity index (χ0n) is 10.8. The summed E-state index contributed by atoms with van der Waals surface area (Å²) in [6.45, 7) is 4.81. The molecule has 1 aromatic carbocycles. The Morgan fingerprint density at radius 1 is 1.18 bits per heavy atom. The van der Waals surface area contributed by atoms with Crippen LogP contribution in [-0.4, -0.2) is 13.1 Å². The maximum atomic E-state index is 3.45. The third-order valence-corrected chi connectivity index (χ3v) is 4.94. The number of hydrogen-bond acceptors (Lipinski definition) is 1. The molecule has 1 aliphatic heterocycles. The van der Waals surface area contributed by atoms with E-state index in [1.807, 2.05) is 0 Å². The number of aryl methyl sites for hydroxylation is 1. The van der Waals surface area contributed by atoms with Crippen molar-refractivity contribution in [3.63, 3.8) is 0 Å². The Morgan fingerprint density at radius 2 is 1.88 bits per heavy atom. The van der Waals surface area contributed by atoms with Crippen LogP contribution in [0, 0.1) is 18.3 Å². The van der Waals surface area contributed by atoms with Gasteiger partial charge in [-0.1, -0.05) is 24.3 Å². The van der Waals surface area contributed by atoms with E-state index in [0.29, 0.717) is 5.41 Å². The molecule has 1 nitrogen and oxygen atoms in total. The molecule has 2 aliphatic rings. The predicted molar refractivity (Wildman–Crippen MR) is 72.1 cm³/mol. The summed E-state index contributed by atoms with van der Waals surface area (Å²) in [5.41, 5.74) is 3.75. The van der Waals surface area contributed by atoms with Crippen LogP contribution in [0.4, 0.5) is 0 Å². The van der Waals surface area contributed by atoms with Gasteiger partial charge in [-0.05, 0) is 61.5 Å². The van der Waals surface area contributed by atoms with Gasteiger partial charge in [0.05, 0.1) is 0 Å². The van der Waals surface area contributed by atoms with E-state index in [1.165, 1.54) is 50.8 Å².